The summed E-state index contributed by atoms with van der Waals surface area (Å²) in [5.74, 6) is 1.31. The van der Waals surface area contributed by atoms with E-state index in [1.165, 1.54) is 5.56 Å². The Morgan fingerprint density at radius 3 is 2.50 bits per heavy atom. The molecule has 0 spiro atoms. The van der Waals surface area contributed by atoms with Crippen molar-refractivity contribution in [3.63, 3.8) is 0 Å². The molecule has 0 bridgehead atoms. The Hall–Kier alpha value is -0.770. The number of hydrogen-bond donors (Lipinski definition) is 2. The second-order valence-electron chi connectivity index (χ2n) is 4.63. The number of rotatable bonds is 6. The molecule has 0 amide bonds. The lowest BCUT2D eigenvalue weighted by Gasteiger charge is -2.17. The highest BCUT2D eigenvalue weighted by atomic mass is 35.5. The van der Waals surface area contributed by atoms with Crippen LogP contribution in [-0.4, -0.2) is 18.8 Å². The van der Waals surface area contributed by atoms with Gasteiger partial charge in [-0.05, 0) is 30.4 Å². The SMILES string of the molecule is COc1ccc(C(C)C)cc1[C@H](N)CCCO.Cl. The molecule has 0 saturated heterocycles. The summed E-state index contributed by atoms with van der Waals surface area (Å²) in [6, 6.07) is 6.09. The number of aliphatic hydroxyl groups is 1. The van der Waals surface area contributed by atoms with Crippen LogP contribution in [0.3, 0.4) is 0 Å². The first-order chi connectivity index (χ1) is 8.10. The summed E-state index contributed by atoms with van der Waals surface area (Å²) in [7, 11) is 1.66. The average Bonchev–Trinajstić information content (AvgIpc) is 2.34. The van der Waals surface area contributed by atoms with Crippen LogP contribution in [0.25, 0.3) is 0 Å². The van der Waals surface area contributed by atoms with Gasteiger partial charge in [-0.25, -0.2) is 0 Å². The summed E-state index contributed by atoms with van der Waals surface area (Å²) >= 11 is 0. The van der Waals surface area contributed by atoms with Crippen molar-refractivity contribution >= 4 is 12.4 Å². The highest BCUT2D eigenvalue weighted by Crippen LogP contribution is 2.29. The van der Waals surface area contributed by atoms with Crippen molar-refractivity contribution in [3.05, 3.63) is 29.3 Å². The first-order valence-corrected chi connectivity index (χ1v) is 6.14. The van der Waals surface area contributed by atoms with Crippen molar-refractivity contribution < 1.29 is 9.84 Å². The maximum atomic E-state index is 8.84. The van der Waals surface area contributed by atoms with Crippen LogP contribution >= 0.6 is 12.4 Å². The van der Waals surface area contributed by atoms with Gasteiger partial charge in [0.2, 0.25) is 0 Å². The summed E-state index contributed by atoms with van der Waals surface area (Å²) in [5.41, 5.74) is 8.43. The van der Waals surface area contributed by atoms with Crippen molar-refractivity contribution in [2.45, 2.75) is 38.6 Å². The fourth-order valence-corrected chi connectivity index (χ4v) is 1.87. The standard InChI is InChI=1S/C14H23NO2.ClH/c1-10(2)11-6-7-14(17-3)12(9-11)13(15)5-4-8-16;/h6-7,9-10,13,16H,4-5,8,15H2,1-3H3;1H/t13-;/m1./s1. The van der Waals surface area contributed by atoms with Crippen LogP contribution in [0.2, 0.25) is 0 Å². The van der Waals surface area contributed by atoms with Gasteiger partial charge in [0.1, 0.15) is 5.75 Å². The zero-order chi connectivity index (χ0) is 12.8. The lowest BCUT2D eigenvalue weighted by atomic mass is 9.95. The fourth-order valence-electron chi connectivity index (χ4n) is 1.87. The highest BCUT2D eigenvalue weighted by Gasteiger charge is 2.13. The van der Waals surface area contributed by atoms with Gasteiger partial charge in [-0.3, -0.25) is 0 Å². The van der Waals surface area contributed by atoms with E-state index >= 15 is 0 Å². The molecule has 18 heavy (non-hydrogen) atoms. The van der Waals surface area contributed by atoms with Gasteiger partial charge in [0, 0.05) is 18.2 Å². The third kappa shape index (κ3) is 4.48. The minimum Gasteiger partial charge on any atom is -0.496 e. The van der Waals surface area contributed by atoms with Crippen molar-refractivity contribution in [2.75, 3.05) is 13.7 Å². The number of halogens is 1. The molecule has 0 aromatic heterocycles. The molecule has 4 heteroatoms. The maximum Gasteiger partial charge on any atom is 0.123 e. The average molecular weight is 274 g/mol. The molecule has 1 atom stereocenters. The molecule has 3 N–H and O–H groups in total. The molecule has 104 valence electrons. The largest absolute Gasteiger partial charge is 0.496 e. The quantitative estimate of drug-likeness (QED) is 0.838. The minimum absolute atomic E-state index is 0. The minimum atomic E-state index is -0.0733. The van der Waals surface area contributed by atoms with Crippen LogP contribution in [0.15, 0.2) is 18.2 Å². The van der Waals surface area contributed by atoms with E-state index in [1.807, 2.05) is 6.07 Å². The van der Waals surface area contributed by atoms with Gasteiger partial charge in [-0.15, -0.1) is 12.4 Å². The topological polar surface area (TPSA) is 55.5 Å². The van der Waals surface area contributed by atoms with E-state index in [-0.39, 0.29) is 25.1 Å². The number of ether oxygens (including phenoxy) is 1. The predicted octanol–water partition coefficient (Wildman–Crippen LogP) is 3.01. The summed E-state index contributed by atoms with van der Waals surface area (Å²) in [5, 5.41) is 8.84. The molecule has 0 saturated carbocycles. The van der Waals surface area contributed by atoms with Crippen LogP contribution in [0.4, 0.5) is 0 Å². The van der Waals surface area contributed by atoms with E-state index in [1.54, 1.807) is 7.11 Å². The zero-order valence-electron chi connectivity index (χ0n) is 11.3. The number of nitrogens with two attached hydrogens (primary N) is 1. The monoisotopic (exact) mass is 273 g/mol. The van der Waals surface area contributed by atoms with Gasteiger partial charge in [0.15, 0.2) is 0 Å². The van der Waals surface area contributed by atoms with E-state index in [9.17, 15) is 0 Å². The van der Waals surface area contributed by atoms with Crippen LogP contribution in [0.5, 0.6) is 5.75 Å². The second kappa shape index (κ2) is 8.35. The van der Waals surface area contributed by atoms with Crippen molar-refractivity contribution in [3.8, 4) is 5.75 Å². The Morgan fingerprint density at radius 1 is 1.33 bits per heavy atom. The molecule has 0 aliphatic carbocycles. The zero-order valence-corrected chi connectivity index (χ0v) is 12.2. The molecule has 0 unspecified atom stereocenters. The Labute approximate surface area is 116 Å². The van der Waals surface area contributed by atoms with Crippen molar-refractivity contribution in [2.24, 2.45) is 5.73 Å². The van der Waals surface area contributed by atoms with Gasteiger partial charge in [0.25, 0.3) is 0 Å². The van der Waals surface area contributed by atoms with Gasteiger partial charge in [-0.2, -0.15) is 0 Å². The van der Waals surface area contributed by atoms with E-state index in [2.05, 4.69) is 26.0 Å². The third-order valence-corrected chi connectivity index (χ3v) is 2.99. The Balaban J connectivity index is 0.00000289. The predicted molar refractivity (Wildman–Crippen MR) is 77.6 cm³/mol. The van der Waals surface area contributed by atoms with E-state index in [4.69, 9.17) is 15.6 Å². The van der Waals surface area contributed by atoms with Gasteiger partial charge < -0.3 is 15.6 Å². The van der Waals surface area contributed by atoms with E-state index < -0.39 is 0 Å². The van der Waals surface area contributed by atoms with Crippen LogP contribution < -0.4 is 10.5 Å². The van der Waals surface area contributed by atoms with Gasteiger partial charge in [0.05, 0.1) is 7.11 Å². The highest BCUT2D eigenvalue weighted by molar-refractivity contribution is 5.85. The van der Waals surface area contributed by atoms with Crippen LogP contribution in [0, 0.1) is 0 Å². The first kappa shape index (κ1) is 17.2. The fraction of sp³-hybridized carbons (Fsp3) is 0.571. The van der Waals surface area contributed by atoms with E-state index in [0.717, 1.165) is 24.2 Å². The number of methoxy groups -OCH3 is 1. The molecule has 0 aliphatic rings. The normalized spacial score (nSPS) is 12.1. The van der Waals surface area contributed by atoms with Crippen molar-refractivity contribution in [1.29, 1.82) is 0 Å². The maximum absolute atomic E-state index is 8.84. The molecule has 1 aromatic carbocycles. The van der Waals surface area contributed by atoms with E-state index in [0.29, 0.717) is 5.92 Å². The number of aliphatic hydroxyl groups excluding tert-OH is 1. The second-order valence-corrected chi connectivity index (χ2v) is 4.63. The smallest absolute Gasteiger partial charge is 0.123 e. The molecule has 0 aliphatic heterocycles. The van der Waals surface area contributed by atoms with Gasteiger partial charge in [-0.1, -0.05) is 26.0 Å². The lowest BCUT2D eigenvalue weighted by Crippen LogP contribution is -2.12. The summed E-state index contributed by atoms with van der Waals surface area (Å²) in [4.78, 5) is 0. The molecular formula is C14H24ClNO2. The molecule has 3 nitrogen and oxygen atoms in total. The molecule has 0 fully saturated rings. The molecule has 1 aromatic rings. The molecule has 1 rings (SSSR count). The van der Waals surface area contributed by atoms with Crippen LogP contribution in [0.1, 0.15) is 49.8 Å². The Bertz CT molecular complexity index is 356. The lowest BCUT2D eigenvalue weighted by molar-refractivity contribution is 0.279. The number of benzene rings is 1. The molecule has 0 radical (unpaired) electrons. The number of hydrogen-bond acceptors (Lipinski definition) is 3. The molecule has 0 heterocycles. The first-order valence-electron chi connectivity index (χ1n) is 6.14. The molecular weight excluding hydrogens is 250 g/mol. The van der Waals surface area contributed by atoms with Crippen molar-refractivity contribution in [1.82, 2.24) is 0 Å². The summed E-state index contributed by atoms with van der Waals surface area (Å²) in [6.45, 7) is 4.50. The van der Waals surface area contributed by atoms with Gasteiger partial charge >= 0.3 is 0 Å². The van der Waals surface area contributed by atoms with Crippen LogP contribution in [-0.2, 0) is 0 Å². The Kier molecular flexibility index (Phi) is 8.00. The third-order valence-electron chi connectivity index (χ3n) is 2.99. The Morgan fingerprint density at radius 2 is 2.00 bits per heavy atom. The summed E-state index contributed by atoms with van der Waals surface area (Å²) in [6.07, 6.45) is 1.49. The summed E-state index contributed by atoms with van der Waals surface area (Å²) < 4.78 is 5.34.